The molecule has 15 heteroatoms. The Bertz CT molecular complexity index is 1400. The van der Waals surface area contributed by atoms with Gasteiger partial charge in [-0.1, -0.05) is 59.9 Å². The number of hydrogen-bond acceptors (Lipinski definition) is 5. The quantitative estimate of drug-likeness (QED) is 0.0540. The highest BCUT2D eigenvalue weighted by atomic mass is 127. The number of nitrogens with zero attached hydrogens (tertiary/aromatic N) is 2. The monoisotopic (exact) mass is 849 g/mol. The number of anilines is 1. The summed E-state index contributed by atoms with van der Waals surface area (Å²) in [6, 6.07) is 17.9. The SMILES string of the molecule is Fc1ccc(Br)cc1I.Nc1cc(Br)ccc1F.O=[N+]([O-])c1cc(Br)ccc1F.O=[N+]([O-])c1ccccc1F. The van der Waals surface area contributed by atoms with Gasteiger partial charge in [-0.3, -0.25) is 20.2 Å². The van der Waals surface area contributed by atoms with Gasteiger partial charge in [0.2, 0.25) is 11.6 Å². The molecule has 7 nitrogen and oxygen atoms in total. The van der Waals surface area contributed by atoms with Gasteiger partial charge in [-0.25, -0.2) is 8.78 Å². The average molecular weight is 852 g/mol. The number of halogens is 8. The molecular weight excluding hydrogens is 837 g/mol. The minimum absolute atomic E-state index is 0.168. The van der Waals surface area contributed by atoms with Crippen LogP contribution in [0.3, 0.4) is 0 Å². The lowest BCUT2D eigenvalue weighted by atomic mass is 10.3. The molecule has 4 aromatic carbocycles. The van der Waals surface area contributed by atoms with Crippen LogP contribution in [0.1, 0.15) is 0 Å². The molecule has 0 saturated carbocycles. The first-order valence-corrected chi connectivity index (χ1v) is 13.5. The van der Waals surface area contributed by atoms with E-state index in [1.54, 1.807) is 18.2 Å². The van der Waals surface area contributed by atoms with Gasteiger partial charge in [-0.15, -0.1) is 0 Å². The van der Waals surface area contributed by atoms with Crippen molar-refractivity contribution in [1.29, 1.82) is 0 Å². The number of nitrogens with two attached hydrogens (primary N) is 1. The van der Waals surface area contributed by atoms with E-state index in [2.05, 4.69) is 47.8 Å². The fraction of sp³-hybridized carbons (Fsp3) is 0. The molecule has 0 fully saturated rings. The highest BCUT2D eigenvalue weighted by molar-refractivity contribution is 14.1. The molecule has 0 amide bonds. The Morgan fingerprint density at radius 1 is 0.615 bits per heavy atom. The average Bonchev–Trinajstić information content (AvgIpc) is 2.87. The molecule has 39 heavy (non-hydrogen) atoms. The molecule has 2 N–H and O–H groups in total. The van der Waals surface area contributed by atoms with Crippen LogP contribution in [0.4, 0.5) is 34.6 Å². The first-order valence-electron chi connectivity index (χ1n) is 10.0. The highest BCUT2D eigenvalue weighted by Crippen LogP contribution is 2.21. The second-order valence-corrected chi connectivity index (χ2v) is 10.7. The normalized spacial score (nSPS) is 9.54. The number of benzene rings is 4. The van der Waals surface area contributed by atoms with Gasteiger partial charge >= 0.3 is 11.4 Å². The van der Waals surface area contributed by atoms with Crippen LogP contribution in [0.5, 0.6) is 0 Å². The lowest BCUT2D eigenvalue weighted by Gasteiger charge is -1.93. The van der Waals surface area contributed by atoms with Crippen LogP contribution >= 0.6 is 70.4 Å². The van der Waals surface area contributed by atoms with Crippen molar-refractivity contribution in [2.24, 2.45) is 0 Å². The van der Waals surface area contributed by atoms with Crippen molar-refractivity contribution >= 4 is 87.4 Å². The molecule has 0 bridgehead atoms. The minimum Gasteiger partial charge on any atom is -0.396 e. The van der Waals surface area contributed by atoms with E-state index in [0.29, 0.717) is 8.04 Å². The molecule has 0 atom stereocenters. The van der Waals surface area contributed by atoms with Gasteiger partial charge in [0, 0.05) is 29.1 Å². The minimum atomic E-state index is -0.821. The number of rotatable bonds is 2. The van der Waals surface area contributed by atoms with E-state index in [4.69, 9.17) is 5.73 Å². The van der Waals surface area contributed by atoms with Crippen molar-refractivity contribution in [2.75, 3.05) is 5.73 Å². The highest BCUT2D eigenvalue weighted by Gasteiger charge is 2.13. The summed E-state index contributed by atoms with van der Waals surface area (Å²) in [5.41, 5.74) is 4.39. The Hall–Kier alpha value is -2.63. The summed E-state index contributed by atoms with van der Waals surface area (Å²) in [4.78, 5) is 18.6. The molecule has 206 valence electrons. The smallest absolute Gasteiger partial charge is 0.305 e. The summed E-state index contributed by atoms with van der Waals surface area (Å²) in [5.74, 6) is -2.16. The predicted molar refractivity (Wildman–Crippen MR) is 159 cm³/mol. The maximum absolute atomic E-state index is 12.6. The molecule has 0 spiro atoms. The van der Waals surface area contributed by atoms with Crippen LogP contribution in [0, 0.1) is 47.1 Å². The van der Waals surface area contributed by atoms with Crippen molar-refractivity contribution in [2.45, 2.75) is 0 Å². The topological polar surface area (TPSA) is 112 Å². The Morgan fingerprint density at radius 2 is 1.05 bits per heavy atom. The van der Waals surface area contributed by atoms with Gasteiger partial charge in [-0.2, -0.15) is 8.78 Å². The largest absolute Gasteiger partial charge is 0.396 e. The number of hydrogen-bond donors (Lipinski definition) is 1. The second kappa shape index (κ2) is 17.1. The van der Waals surface area contributed by atoms with E-state index in [1.165, 1.54) is 36.4 Å². The Kier molecular flexibility index (Phi) is 15.1. The third-order valence-electron chi connectivity index (χ3n) is 3.99. The first-order chi connectivity index (χ1) is 18.2. The van der Waals surface area contributed by atoms with Crippen LogP contribution in [-0.4, -0.2) is 9.85 Å². The predicted octanol–water partition coefficient (Wildman–Crippen LogP) is 9.59. The van der Waals surface area contributed by atoms with Crippen LogP contribution < -0.4 is 5.73 Å². The number of para-hydroxylation sites is 1. The molecule has 0 aromatic heterocycles. The number of nitro benzene ring substituents is 2. The zero-order valence-electron chi connectivity index (χ0n) is 19.1. The maximum atomic E-state index is 12.6. The molecule has 0 saturated heterocycles. The summed E-state index contributed by atoms with van der Waals surface area (Å²) in [6.45, 7) is 0. The Balaban J connectivity index is 0.000000261. The Labute approximate surface area is 258 Å². The lowest BCUT2D eigenvalue weighted by molar-refractivity contribution is -0.387. The molecular formula is C24H15Br3F4IN3O4. The van der Waals surface area contributed by atoms with E-state index >= 15 is 0 Å². The van der Waals surface area contributed by atoms with Crippen molar-refractivity contribution in [1.82, 2.24) is 0 Å². The van der Waals surface area contributed by atoms with Crippen molar-refractivity contribution in [3.63, 3.8) is 0 Å². The van der Waals surface area contributed by atoms with Crippen molar-refractivity contribution in [3.05, 3.63) is 139 Å². The molecule has 0 aliphatic carbocycles. The third-order valence-corrected chi connectivity index (χ3v) is 6.30. The van der Waals surface area contributed by atoms with Crippen molar-refractivity contribution in [3.8, 4) is 0 Å². The van der Waals surface area contributed by atoms with Gasteiger partial charge in [0.25, 0.3) is 0 Å². The van der Waals surface area contributed by atoms with E-state index in [1.807, 2.05) is 22.6 Å². The molecule has 0 unspecified atom stereocenters. The van der Waals surface area contributed by atoms with E-state index in [0.717, 1.165) is 33.2 Å². The van der Waals surface area contributed by atoms with Gasteiger partial charge in [0.15, 0.2) is 0 Å². The fourth-order valence-corrected chi connectivity index (χ4v) is 4.24. The van der Waals surface area contributed by atoms with Crippen LogP contribution in [0.25, 0.3) is 0 Å². The Morgan fingerprint density at radius 3 is 1.44 bits per heavy atom. The van der Waals surface area contributed by atoms with Crippen molar-refractivity contribution < 1.29 is 27.4 Å². The number of nitrogen functional groups attached to an aromatic ring is 1. The van der Waals surface area contributed by atoms with E-state index in [-0.39, 0.29) is 17.3 Å². The number of nitro groups is 2. The zero-order chi connectivity index (χ0) is 29.7. The van der Waals surface area contributed by atoms with Gasteiger partial charge in [0.1, 0.15) is 11.6 Å². The summed E-state index contributed by atoms with van der Waals surface area (Å²) in [7, 11) is 0. The summed E-state index contributed by atoms with van der Waals surface area (Å²) >= 11 is 11.3. The molecule has 0 radical (unpaired) electrons. The van der Waals surface area contributed by atoms with Gasteiger partial charge < -0.3 is 5.73 Å². The second-order valence-electron chi connectivity index (χ2n) is 6.79. The zero-order valence-corrected chi connectivity index (χ0v) is 26.0. The van der Waals surface area contributed by atoms with E-state index < -0.39 is 32.9 Å². The van der Waals surface area contributed by atoms with Gasteiger partial charge in [-0.05, 0) is 77.2 Å². The summed E-state index contributed by atoms with van der Waals surface area (Å²) in [5, 5.41) is 20.1. The third kappa shape index (κ3) is 12.8. The summed E-state index contributed by atoms with van der Waals surface area (Å²) < 4.78 is 52.6. The molecule has 4 rings (SSSR count). The van der Waals surface area contributed by atoms with Crippen LogP contribution in [0.15, 0.2) is 92.3 Å². The molecule has 4 aromatic rings. The summed E-state index contributed by atoms with van der Waals surface area (Å²) in [6.07, 6.45) is 0. The molecule has 0 aliphatic heterocycles. The van der Waals surface area contributed by atoms with Crippen LogP contribution in [-0.2, 0) is 0 Å². The van der Waals surface area contributed by atoms with Gasteiger partial charge in [0.05, 0.1) is 15.5 Å². The molecule has 0 heterocycles. The maximum Gasteiger partial charge on any atom is 0.305 e. The standard InChI is InChI=1S/C6H3BrFI.C6H3BrFNO2.C6H5BrFN.C6H4FNO2/c7-4-1-2-5(8)6(9)3-4;7-4-1-2-5(8)6(3-4)9(10)11;7-4-1-2-5(8)6(9)3-4;7-5-3-1-2-4-6(5)8(9)10/h1-3H;1-3H;1-3H,9H2;1-4H. The fourth-order valence-electron chi connectivity index (χ4n) is 2.21. The van der Waals surface area contributed by atoms with E-state index in [9.17, 15) is 37.8 Å². The molecule has 0 aliphatic rings. The first kappa shape index (κ1) is 34.4. The van der Waals surface area contributed by atoms with Crippen LogP contribution in [0.2, 0.25) is 0 Å². The lowest BCUT2D eigenvalue weighted by Crippen LogP contribution is -1.91.